The van der Waals surface area contributed by atoms with Crippen molar-refractivity contribution in [3.8, 4) is 5.75 Å². The lowest BCUT2D eigenvalue weighted by molar-refractivity contribution is -0.125. The van der Waals surface area contributed by atoms with Gasteiger partial charge in [-0.15, -0.1) is 0 Å². The molecule has 0 radical (unpaired) electrons. The molecule has 2 atom stereocenters. The van der Waals surface area contributed by atoms with Gasteiger partial charge in [0.1, 0.15) is 0 Å². The Morgan fingerprint density at radius 1 is 1.71 bits per heavy atom. The first-order chi connectivity index (χ1) is 8.04. The minimum absolute atomic E-state index is 0.0315. The Balaban J connectivity index is 2.15. The van der Waals surface area contributed by atoms with Crippen LogP contribution in [-0.4, -0.2) is 22.0 Å². The normalized spacial score (nSPS) is 28.0. The molecule has 1 aliphatic carbocycles. The molecule has 1 amide bonds. The monoisotopic (exact) mass is 235 g/mol. The van der Waals surface area contributed by atoms with Crippen LogP contribution in [0.5, 0.6) is 5.75 Å². The molecule has 5 heteroatoms. The molecule has 1 fully saturated rings. The number of carbonyl (C=O) groups excluding carboxylic acids is 1. The maximum Gasteiger partial charge on any atom is 0.233 e. The zero-order valence-electron chi connectivity index (χ0n) is 9.81. The fourth-order valence-corrected chi connectivity index (χ4v) is 2.22. The second-order valence-corrected chi connectivity index (χ2v) is 4.74. The third-order valence-corrected chi connectivity index (χ3v) is 3.57. The van der Waals surface area contributed by atoms with E-state index in [1.54, 1.807) is 6.07 Å². The first-order valence-corrected chi connectivity index (χ1v) is 5.75. The highest BCUT2D eigenvalue weighted by Crippen LogP contribution is 2.38. The van der Waals surface area contributed by atoms with Crippen LogP contribution in [0.4, 0.5) is 5.82 Å². The SMILES string of the molecule is CC1(C(=O)Nc2ncccc2O)CCCC1N. The molecule has 2 unspecified atom stereocenters. The number of carbonyl (C=O) groups is 1. The second kappa shape index (κ2) is 4.33. The van der Waals surface area contributed by atoms with Gasteiger partial charge in [-0.25, -0.2) is 4.98 Å². The highest BCUT2D eigenvalue weighted by Gasteiger charge is 2.43. The van der Waals surface area contributed by atoms with E-state index in [0.29, 0.717) is 0 Å². The Bertz CT molecular complexity index is 436. The number of nitrogens with two attached hydrogens (primary N) is 1. The largest absolute Gasteiger partial charge is 0.504 e. The summed E-state index contributed by atoms with van der Waals surface area (Å²) in [6.45, 7) is 1.86. The predicted octanol–water partition coefficient (Wildman–Crippen LogP) is 1.24. The van der Waals surface area contributed by atoms with Gasteiger partial charge in [0.15, 0.2) is 11.6 Å². The third kappa shape index (κ3) is 2.10. The molecule has 2 rings (SSSR count). The molecule has 1 aliphatic rings. The number of amides is 1. The summed E-state index contributed by atoms with van der Waals surface area (Å²) in [6, 6.07) is 2.96. The Labute approximate surface area is 100 Å². The van der Waals surface area contributed by atoms with E-state index in [0.717, 1.165) is 19.3 Å². The minimum atomic E-state index is -0.566. The van der Waals surface area contributed by atoms with Crippen molar-refractivity contribution in [3.05, 3.63) is 18.3 Å². The van der Waals surface area contributed by atoms with Crippen molar-refractivity contribution in [3.63, 3.8) is 0 Å². The summed E-state index contributed by atoms with van der Waals surface area (Å²) in [5, 5.41) is 12.2. The van der Waals surface area contributed by atoms with E-state index in [-0.39, 0.29) is 23.5 Å². The van der Waals surface area contributed by atoms with Gasteiger partial charge >= 0.3 is 0 Å². The van der Waals surface area contributed by atoms with Crippen molar-refractivity contribution >= 4 is 11.7 Å². The average Bonchev–Trinajstić information content (AvgIpc) is 2.64. The van der Waals surface area contributed by atoms with Gasteiger partial charge in [-0.2, -0.15) is 0 Å². The van der Waals surface area contributed by atoms with Crippen molar-refractivity contribution in [2.75, 3.05) is 5.32 Å². The Kier molecular flexibility index (Phi) is 3.02. The van der Waals surface area contributed by atoms with Gasteiger partial charge in [-0.3, -0.25) is 4.79 Å². The first kappa shape index (κ1) is 11.9. The molecule has 1 saturated carbocycles. The number of aromatic hydroxyl groups is 1. The van der Waals surface area contributed by atoms with Crippen LogP contribution < -0.4 is 11.1 Å². The van der Waals surface area contributed by atoms with Crippen LogP contribution in [0.3, 0.4) is 0 Å². The summed E-state index contributed by atoms with van der Waals surface area (Å²) in [5.74, 6) is -0.00894. The molecule has 1 aromatic heterocycles. The van der Waals surface area contributed by atoms with E-state index in [1.165, 1.54) is 12.3 Å². The van der Waals surface area contributed by atoms with Gasteiger partial charge < -0.3 is 16.2 Å². The molecule has 17 heavy (non-hydrogen) atoms. The van der Waals surface area contributed by atoms with Crippen LogP contribution in [0.2, 0.25) is 0 Å². The van der Waals surface area contributed by atoms with Crippen LogP contribution in [0.1, 0.15) is 26.2 Å². The van der Waals surface area contributed by atoms with Gasteiger partial charge in [0.2, 0.25) is 5.91 Å². The predicted molar refractivity (Wildman–Crippen MR) is 64.5 cm³/mol. The van der Waals surface area contributed by atoms with E-state index in [2.05, 4.69) is 10.3 Å². The van der Waals surface area contributed by atoms with Crippen molar-refractivity contribution < 1.29 is 9.90 Å². The maximum absolute atomic E-state index is 12.2. The highest BCUT2D eigenvalue weighted by molar-refractivity contribution is 5.96. The van der Waals surface area contributed by atoms with Crippen molar-refractivity contribution in [2.24, 2.45) is 11.1 Å². The summed E-state index contributed by atoms with van der Waals surface area (Å²) in [7, 11) is 0. The van der Waals surface area contributed by atoms with Crippen molar-refractivity contribution in [1.29, 1.82) is 0 Å². The molecular formula is C12H17N3O2. The smallest absolute Gasteiger partial charge is 0.233 e. The topological polar surface area (TPSA) is 88.2 Å². The van der Waals surface area contributed by atoms with E-state index >= 15 is 0 Å². The van der Waals surface area contributed by atoms with Crippen LogP contribution in [0, 0.1) is 5.41 Å². The lowest BCUT2D eigenvalue weighted by Crippen LogP contribution is -2.44. The number of hydrogen-bond donors (Lipinski definition) is 3. The summed E-state index contributed by atoms with van der Waals surface area (Å²) in [4.78, 5) is 16.1. The number of pyridine rings is 1. The van der Waals surface area contributed by atoms with Crippen LogP contribution in [0.15, 0.2) is 18.3 Å². The van der Waals surface area contributed by atoms with Gasteiger partial charge in [0.05, 0.1) is 5.41 Å². The quantitative estimate of drug-likeness (QED) is 0.719. The van der Waals surface area contributed by atoms with Crippen LogP contribution in [-0.2, 0) is 4.79 Å². The number of hydrogen-bond acceptors (Lipinski definition) is 4. The molecule has 0 aromatic carbocycles. The summed E-state index contributed by atoms with van der Waals surface area (Å²) in [5.41, 5.74) is 5.40. The molecule has 0 saturated heterocycles. The summed E-state index contributed by atoms with van der Waals surface area (Å²) < 4.78 is 0. The molecule has 0 spiro atoms. The third-order valence-electron chi connectivity index (χ3n) is 3.57. The number of rotatable bonds is 2. The molecule has 4 N–H and O–H groups in total. The zero-order valence-corrected chi connectivity index (χ0v) is 9.81. The maximum atomic E-state index is 12.2. The lowest BCUT2D eigenvalue weighted by Gasteiger charge is -2.27. The summed E-state index contributed by atoms with van der Waals surface area (Å²) in [6.07, 6.45) is 4.11. The highest BCUT2D eigenvalue weighted by atomic mass is 16.3. The molecule has 1 heterocycles. The summed E-state index contributed by atoms with van der Waals surface area (Å²) >= 11 is 0. The van der Waals surface area contributed by atoms with E-state index < -0.39 is 5.41 Å². The van der Waals surface area contributed by atoms with Crippen LogP contribution in [0.25, 0.3) is 0 Å². The number of nitrogens with zero attached hydrogens (tertiary/aromatic N) is 1. The van der Waals surface area contributed by atoms with E-state index in [4.69, 9.17) is 5.73 Å². The Hall–Kier alpha value is -1.62. The van der Waals surface area contributed by atoms with Gasteiger partial charge in [-0.05, 0) is 31.9 Å². The molecule has 1 aromatic rings. The van der Waals surface area contributed by atoms with Crippen molar-refractivity contribution in [2.45, 2.75) is 32.2 Å². The average molecular weight is 235 g/mol. The Morgan fingerprint density at radius 2 is 2.47 bits per heavy atom. The van der Waals surface area contributed by atoms with Crippen molar-refractivity contribution in [1.82, 2.24) is 4.98 Å². The van der Waals surface area contributed by atoms with E-state index in [9.17, 15) is 9.90 Å². The zero-order chi connectivity index (χ0) is 12.5. The molecular weight excluding hydrogens is 218 g/mol. The molecule has 0 aliphatic heterocycles. The fraction of sp³-hybridized carbons (Fsp3) is 0.500. The molecule has 0 bridgehead atoms. The molecule has 5 nitrogen and oxygen atoms in total. The first-order valence-electron chi connectivity index (χ1n) is 5.75. The van der Waals surface area contributed by atoms with Gasteiger partial charge in [-0.1, -0.05) is 6.42 Å². The minimum Gasteiger partial charge on any atom is -0.504 e. The molecule has 92 valence electrons. The number of aromatic nitrogens is 1. The fourth-order valence-electron chi connectivity index (χ4n) is 2.22. The van der Waals surface area contributed by atoms with Gasteiger partial charge in [0.25, 0.3) is 0 Å². The Morgan fingerprint density at radius 3 is 3.06 bits per heavy atom. The number of nitrogens with one attached hydrogen (secondary N) is 1. The van der Waals surface area contributed by atoms with Crippen LogP contribution >= 0.6 is 0 Å². The van der Waals surface area contributed by atoms with E-state index in [1.807, 2.05) is 6.92 Å². The second-order valence-electron chi connectivity index (χ2n) is 4.74. The standard InChI is InChI=1S/C12H17N3O2/c1-12(6-2-5-9(12)13)11(17)15-10-8(16)4-3-7-14-10/h3-4,7,9,16H,2,5-6,13H2,1H3,(H,14,15,17). The lowest BCUT2D eigenvalue weighted by atomic mass is 9.84. The number of anilines is 1. The van der Waals surface area contributed by atoms with Gasteiger partial charge in [0, 0.05) is 12.2 Å².